The lowest BCUT2D eigenvalue weighted by Gasteiger charge is -2.43. The number of ether oxygens (including phenoxy) is 2. The summed E-state index contributed by atoms with van der Waals surface area (Å²) < 4.78 is 18.1. The van der Waals surface area contributed by atoms with Gasteiger partial charge in [-0.3, -0.25) is 9.59 Å². The van der Waals surface area contributed by atoms with Crippen LogP contribution in [-0.2, 0) is 20.4 Å². The van der Waals surface area contributed by atoms with Crippen molar-refractivity contribution in [3.05, 3.63) is 84.4 Å². The van der Waals surface area contributed by atoms with Crippen LogP contribution in [0.2, 0.25) is 5.04 Å². The molecule has 0 radical (unpaired) electrons. The smallest absolute Gasteiger partial charge is 0.261 e. The van der Waals surface area contributed by atoms with Gasteiger partial charge >= 0.3 is 0 Å². The fourth-order valence-electron chi connectivity index (χ4n) is 5.48. The Morgan fingerprint density at radius 1 is 0.810 bits per heavy atom. The zero-order valence-corrected chi connectivity index (χ0v) is 27.1. The molecule has 1 N–H and O–H groups in total. The van der Waals surface area contributed by atoms with Crippen molar-refractivity contribution in [1.29, 1.82) is 0 Å². The molecule has 0 unspecified atom stereocenters. The largest absolute Gasteiger partial charge is 0.493 e. The number of benzene rings is 3. The first-order valence-electron chi connectivity index (χ1n) is 14.9. The zero-order chi connectivity index (χ0) is 30.6. The summed E-state index contributed by atoms with van der Waals surface area (Å²) in [5.74, 6) is 1.27. The topological polar surface area (TPSA) is 73.9 Å². The second-order valence-corrected chi connectivity index (χ2v) is 16.1. The second kappa shape index (κ2) is 15.7. The van der Waals surface area contributed by atoms with Gasteiger partial charge in [-0.05, 0) is 45.9 Å². The van der Waals surface area contributed by atoms with Crippen LogP contribution >= 0.6 is 0 Å². The summed E-state index contributed by atoms with van der Waals surface area (Å²) in [6.07, 6.45) is 3.30. The van der Waals surface area contributed by atoms with Gasteiger partial charge in [0, 0.05) is 19.3 Å². The summed E-state index contributed by atoms with van der Waals surface area (Å²) in [4.78, 5) is 25.4. The van der Waals surface area contributed by atoms with Gasteiger partial charge in [-0.2, -0.15) is 0 Å². The van der Waals surface area contributed by atoms with Gasteiger partial charge in [0.1, 0.15) is 5.78 Å². The molecule has 6 nitrogen and oxygen atoms in total. The Morgan fingerprint density at radius 3 is 1.93 bits per heavy atom. The van der Waals surface area contributed by atoms with Crippen molar-refractivity contribution in [3.63, 3.8) is 0 Å². The molecule has 0 saturated heterocycles. The van der Waals surface area contributed by atoms with Crippen LogP contribution in [0.3, 0.4) is 0 Å². The Kier molecular flexibility index (Phi) is 12.4. The van der Waals surface area contributed by atoms with Crippen molar-refractivity contribution in [2.24, 2.45) is 0 Å². The maximum Gasteiger partial charge on any atom is 0.261 e. The molecule has 1 atom stereocenters. The molecular formula is C35H47NO5Si. The van der Waals surface area contributed by atoms with Crippen LogP contribution in [0.1, 0.15) is 65.4 Å². The first kappa shape index (κ1) is 33.1. The van der Waals surface area contributed by atoms with E-state index in [1.54, 1.807) is 14.2 Å². The van der Waals surface area contributed by atoms with Gasteiger partial charge in [-0.15, -0.1) is 0 Å². The third-order valence-electron chi connectivity index (χ3n) is 7.65. The Bertz CT molecular complexity index is 1230. The maximum atomic E-state index is 13.2. The molecule has 3 aromatic carbocycles. The van der Waals surface area contributed by atoms with E-state index in [4.69, 9.17) is 13.9 Å². The third-order valence-corrected chi connectivity index (χ3v) is 12.7. The number of amides is 1. The fraction of sp³-hybridized carbons (Fsp3) is 0.429. The SMILES string of the molecule is CCCCC(=O)CCC(=O)N[C@H](CO[Si](c1ccccc1)(c1ccccc1)C(C)(C)C)Cc1ccc(OC)c(OC)c1. The summed E-state index contributed by atoms with van der Waals surface area (Å²) in [5, 5.41) is 5.37. The minimum atomic E-state index is -2.81. The van der Waals surface area contributed by atoms with Crippen molar-refractivity contribution in [2.75, 3.05) is 20.8 Å². The predicted molar refractivity (Wildman–Crippen MR) is 173 cm³/mol. The molecule has 7 heteroatoms. The average molecular weight is 590 g/mol. The number of ketones is 1. The molecule has 0 heterocycles. The Labute approximate surface area is 252 Å². The number of Topliss-reactive ketones (excluding diaryl/α,β-unsaturated/α-hetero) is 1. The number of carbonyl (C=O) groups excluding carboxylic acids is 2. The molecule has 42 heavy (non-hydrogen) atoms. The van der Waals surface area contributed by atoms with Crippen molar-refractivity contribution in [2.45, 2.75) is 77.3 Å². The third kappa shape index (κ3) is 8.55. The number of nitrogens with one attached hydrogen (secondary N) is 1. The van der Waals surface area contributed by atoms with E-state index in [0.717, 1.165) is 18.4 Å². The van der Waals surface area contributed by atoms with Crippen molar-refractivity contribution in [1.82, 2.24) is 5.32 Å². The van der Waals surface area contributed by atoms with Gasteiger partial charge in [-0.25, -0.2) is 0 Å². The molecule has 0 saturated carbocycles. The van der Waals surface area contributed by atoms with Gasteiger partial charge < -0.3 is 19.2 Å². The van der Waals surface area contributed by atoms with Gasteiger partial charge in [0.05, 0.1) is 26.9 Å². The molecule has 0 fully saturated rings. The summed E-state index contributed by atoms with van der Waals surface area (Å²) in [6.45, 7) is 9.09. The van der Waals surface area contributed by atoms with Crippen LogP contribution in [0.15, 0.2) is 78.9 Å². The Hall–Kier alpha value is -3.42. The van der Waals surface area contributed by atoms with E-state index in [9.17, 15) is 9.59 Å². The number of unbranched alkanes of at least 4 members (excludes halogenated alkanes) is 1. The lowest BCUT2D eigenvalue weighted by Crippen LogP contribution is -2.67. The van der Waals surface area contributed by atoms with E-state index in [-0.39, 0.29) is 35.6 Å². The highest BCUT2D eigenvalue weighted by Crippen LogP contribution is 2.37. The molecule has 226 valence electrons. The first-order valence-corrected chi connectivity index (χ1v) is 16.8. The maximum absolute atomic E-state index is 13.2. The molecule has 3 rings (SSSR count). The van der Waals surface area contributed by atoms with Crippen molar-refractivity contribution in [3.8, 4) is 11.5 Å². The minimum Gasteiger partial charge on any atom is -0.493 e. The molecule has 3 aromatic rings. The molecule has 0 aliphatic heterocycles. The summed E-state index contributed by atoms with van der Waals surface area (Å²) >= 11 is 0. The Balaban J connectivity index is 1.94. The van der Waals surface area contributed by atoms with Crippen LogP contribution in [0.5, 0.6) is 11.5 Å². The normalized spacial score (nSPS) is 12.4. The minimum absolute atomic E-state index is 0.131. The van der Waals surface area contributed by atoms with Gasteiger partial charge in [-0.1, -0.05) is 101 Å². The lowest BCUT2D eigenvalue weighted by molar-refractivity contribution is -0.126. The van der Waals surface area contributed by atoms with Crippen LogP contribution in [0.25, 0.3) is 0 Å². The standard InChI is InChI=1S/C35H47NO5Si/c1-7-8-15-29(37)21-23-34(38)36-28(24-27-20-22-32(39-5)33(25-27)40-6)26-41-42(35(2,3)4,30-16-11-9-12-17-30)31-18-13-10-14-19-31/h9-14,16-20,22,25,28H,7-8,15,21,23-24,26H2,1-6H3,(H,36,38)/t28-/m0/s1. The molecule has 0 aliphatic rings. The van der Waals surface area contributed by atoms with E-state index in [2.05, 4.69) is 81.5 Å². The Morgan fingerprint density at radius 2 is 1.40 bits per heavy atom. The van der Waals surface area contributed by atoms with Gasteiger partial charge in [0.2, 0.25) is 5.91 Å². The molecular weight excluding hydrogens is 542 g/mol. The quantitative estimate of drug-likeness (QED) is 0.212. The number of hydrogen-bond donors (Lipinski definition) is 1. The lowest BCUT2D eigenvalue weighted by atomic mass is 10.0. The zero-order valence-electron chi connectivity index (χ0n) is 26.1. The number of carbonyl (C=O) groups is 2. The summed E-state index contributed by atoms with van der Waals surface area (Å²) in [5.41, 5.74) is 0.989. The average Bonchev–Trinajstić information content (AvgIpc) is 2.99. The van der Waals surface area contributed by atoms with E-state index >= 15 is 0 Å². The van der Waals surface area contributed by atoms with Crippen molar-refractivity contribution >= 4 is 30.4 Å². The molecule has 0 bridgehead atoms. The highest BCUT2D eigenvalue weighted by molar-refractivity contribution is 6.99. The van der Waals surface area contributed by atoms with Gasteiger partial charge in [0.25, 0.3) is 8.32 Å². The number of hydrogen-bond acceptors (Lipinski definition) is 5. The number of methoxy groups -OCH3 is 2. The highest BCUT2D eigenvalue weighted by Gasteiger charge is 2.50. The predicted octanol–water partition coefficient (Wildman–Crippen LogP) is 5.85. The van der Waals surface area contributed by atoms with E-state index in [0.29, 0.717) is 30.9 Å². The second-order valence-electron chi connectivity index (χ2n) is 11.8. The summed E-state index contributed by atoms with van der Waals surface area (Å²) in [6, 6.07) is 26.4. The van der Waals surface area contributed by atoms with E-state index in [1.807, 2.05) is 30.3 Å². The van der Waals surface area contributed by atoms with E-state index in [1.165, 1.54) is 10.4 Å². The molecule has 1 amide bonds. The van der Waals surface area contributed by atoms with Gasteiger partial charge in [0.15, 0.2) is 11.5 Å². The fourth-order valence-corrected chi connectivity index (χ4v) is 10.1. The van der Waals surface area contributed by atoms with Crippen LogP contribution in [0, 0.1) is 0 Å². The monoisotopic (exact) mass is 589 g/mol. The van der Waals surface area contributed by atoms with Crippen LogP contribution in [0.4, 0.5) is 0 Å². The van der Waals surface area contributed by atoms with Crippen molar-refractivity contribution < 1.29 is 23.5 Å². The summed E-state index contributed by atoms with van der Waals surface area (Å²) in [7, 11) is 0.411. The van der Waals surface area contributed by atoms with Crippen LogP contribution in [-0.4, -0.2) is 46.9 Å². The van der Waals surface area contributed by atoms with Crippen LogP contribution < -0.4 is 25.2 Å². The molecule has 0 aromatic heterocycles. The van der Waals surface area contributed by atoms with E-state index < -0.39 is 8.32 Å². The number of rotatable bonds is 16. The first-order chi connectivity index (χ1) is 20.1. The highest BCUT2D eigenvalue weighted by atomic mass is 28.4. The molecule has 0 spiro atoms. The molecule has 0 aliphatic carbocycles.